The molecular formula is C15H21N3O2S. The van der Waals surface area contributed by atoms with Crippen LogP contribution in [0.2, 0.25) is 0 Å². The van der Waals surface area contributed by atoms with Crippen molar-refractivity contribution in [3.05, 3.63) is 24.0 Å². The van der Waals surface area contributed by atoms with E-state index in [-0.39, 0.29) is 16.4 Å². The summed E-state index contributed by atoms with van der Waals surface area (Å²) in [5.74, 6) is 0.825. The van der Waals surface area contributed by atoms with Crippen LogP contribution in [0.3, 0.4) is 0 Å². The molecule has 1 aromatic heterocycles. The van der Waals surface area contributed by atoms with Crippen molar-refractivity contribution < 1.29 is 8.42 Å². The molecule has 0 radical (unpaired) electrons. The fourth-order valence-corrected chi connectivity index (χ4v) is 3.97. The molecule has 1 aliphatic heterocycles. The van der Waals surface area contributed by atoms with Gasteiger partial charge in [0.1, 0.15) is 11.3 Å². The van der Waals surface area contributed by atoms with Crippen LogP contribution in [0, 0.1) is 5.41 Å². The molecule has 6 heteroatoms. The lowest BCUT2D eigenvalue weighted by Crippen LogP contribution is -2.40. The van der Waals surface area contributed by atoms with E-state index in [1.165, 1.54) is 6.26 Å². The molecule has 1 saturated heterocycles. The Balaban J connectivity index is 2.14. The van der Waals surface area contributed by atoms with Gasteiger partial charge in [0.25, 0.3) is 0 Å². The van der Waals surface area contributed by atoms with Gasteiger partial charge in [0.05, 0.1) is 16.5 Å². The van der Waals surface area contributed by atoms with E-state index in [1.807, 2.05) is 6.07 Å². The van der Waals surface area contributed by atoms with Crippen molar-refractivity contribution in [3.63, 3.8) is 0 Å². The average Bonchev–Trinajstić information content (AvgIpc) is 2.79. The number of hydrogen-bond donors (Lipinski definition) is 2. The Hall–Kier alpha value is -1.40. The molecule has 2 aromatic rings. The summed E-state index contributed by atoms with van der Waals surface area (Å²) < 4.78 is 23.8. The maximum Gasteiger partial charge on any atom is 0.177 e. The van der Waals surface area contributed by atoms with Crippen molar-refractivity contribution in [2.75, 3.05) is 12.8 Å². The summed E-state index contributed by atoms with van der Waals surface area (Å²) in [7, 11) is -3.28. The van der Waals surface area contributed by atoms with Gasteiger partial charge in [0.15, 0.2) is 9.84 Å². The van der Waals surface area contributed by atoms with Gasteiger partial charge in [-0.05, 0) is 36.9 Å². The fraction of sp³-hybridized carbons (Fsp3) is 0.533. The molecule has 5 nitrogen and oxygen atoms in total. The van der Waals surface area contributed by atoms with Crippen molar-refractivity contribution >= 4 is 20.9 Å². The van der Waals surface area contributed by atoms with Crippen LogP contribution in [0.15, 0.2) is 23.1 Å². The number of nitrogens with zero attached hydrogens (tertiary/aromatic N) is 1. The molecule has 21 heavy (non-hydrogen) atoms. The highest BCUT2D eigenvalue weighted by Crippen LogP contribution is 2.39. The molecule has 0 aliphatic carbocycles. The van der Waals surface area contributed by atoms with Gasteiger partial charge in [0.2, 0.25) is 0 Å². The number of aromatic amines is 1. The minimum atomic E-state index is -3.28. The minimum absolute atomic E-state index is 0.0946. The van der Waals surface area contributed by atoms with Gasteiger partial charge in [-0.3, -0.25) is 0 Å². The Morgan fingerprint density at radius 1 is 1.33 bits per heavy atom. The number of nitrogens with one attached hydrogen (secondary N) is 2. The third-order valence-electron chi connectivity index (χ3n) is 4.29. The van der Waals surface area contributed by atoms with E-state index in [4.69, 9.17) is 0 Å². The summed E-state index contributed by atoms with van der Waals surface area (Å²) in [6.07, 6.45) is 3.50. The number of rotatable bonds is 2. The average molecular weight is 307 g/mol. The highest BCUT2D eigenvalue weighted by molar-refractivity contribution is 7.91. The van der Waals surface area contributed by atoms with Crippen molar-refractivity contribution in [2.24, 2.45) is 5.41 Å². The van der Waals surface area contributed by atoms with E-state index < -0.39 is 9.84 Å². The lowest BCUT2D eigenvalue weighted by atomic mass is 9.77. The molecule has 0 saturated carbocycles. The molecule has 1 aromatic carbocycles. The second-order valence-corrected chi connectivity index (χ2v) is 8.51. The monoisotopic (exact) mass is 307 g/mol. The van der Waals surface area contributed by atoms with Gasteiger partial charge in [-0.1, -0.05) is 19.9 Å². The van der Waals surface area contributed by atoms with Crippen molar-refractivity contribution in [3.8, 4) is 0 Å². The number of H-pyrrole nitrogens is 1. The molecule has 0 spiro atoms. The van der Waals surface area contributed by atoms with Crippen molar-refractivity contribution in [1.29, 1.82) is 0 Å². The van der Waals surface area contributed by atoms with Crippen LogP contribution < -0.4 is 5.32 Å². The number of hydrogen-bond acceptors (Lipinski definition) is 4. The molecule has 2 heterocycles. The molecule has 1 atom stereocenters. The quantitative estimate of drug-likeness (QED) is 0.893. The number of benzene rings is 1. The Morgan fingerprint density at radius 2 is 2.10 bits per heavy atom. The second-order valence-electron chi connectivity index (χ2n) is 6.53. The number of sulfone groups is 1. The van der Waals surface area contributed by atoms with E-state index in [0.717, 1.165) is 30.7 Å². The largest absolute Gasteiger partial charge is 0.341 e. The van der Waals surface area contributed by atoms with E-state index >= 15 is 0 Å². The Morgan fingerprint density at radius 3 is 2.76 bits per heavy atom. The molecule has 2 N–H and O–H groups in total. The first kappa shape index (κ1) is 14.5. The van der Waals surface area contributed by atoms with Crippen LogP contribution in [0.5, 0.6) is 0 Å². The summed E-state index contributed by atoms with van der Waals surface area (Å²) in [5, 5.41) is 3.50. The number of para-hydroxylation sites is 1. The summed E-state index contributed by atoms with van der Waals surface area (Å²) in [6.45, 7) is 5.40. The van der Waals surface area contributed by atoms with Crippen LogP contribution in [0.1, 0.15) is 38.6 Å². The number of fused-ring (bicyclic) bond motifs is 1. The minimum Gasteiger partial charge on any atom is -0.341 e. The first-order chi connectivity index (χ1) is 9.79. The van der Waals surface area contributed by atoms with Crippen LogP contribution in [0.4, 0.5) is 0 Å². The van der Waals surface area contributed by atoms with Gasteiger partial charge in [-0.2, -0.15) is 0 Å². The van der Waals surface area contributed by atoms with Crippen LogP contribution in [-0.2, 0) is 9.84 Å². The normalized spacial score (nSPS) is 22.5. The van der Waals surface area contributed by atoms with Gasteiger partial charge < -0.3 is 10.3 Å². The topological polar surface area (TPSA) is 74.8 Å². The lowest BCUT2D eigenvalue weighted by molar-refractivity contribution is 0.175. The predicted octanol–water partition coefficient (Wildman–Crippen LogP) is 2.42. The SMILES string of the molecule is CC1(C)CCCNC1c1nc2c(S(C)(=O)=O)cccc2[nH]1. The van der Waals surface area contributed by atoms with Crippen LogP contribution in [0.25, 0.3) is 11.0 Å². The zero-order valence-electron chi connectivity index (χ0n) is 12.6. The number of piperidine rings is 1. The molecule has 0 bridgehead atoms. The zero-order valence-corrected chi connectivity index (χ0v) is 13.4. The Bertz CT molecular complexity index is 777. The molecule has 1 fully saturated rings. The maximum atomic E-state index is 11.9. The van der Waals surface area contributed by atoms with Gasteiger partial charge in [-0.15, -0.1) is 0 Å². The first-order valence-electron chi connectivity index (χ1n) is 7.21. The van der Waals surface area contributed by atoms with Gasteiger partial charge >= 0.3 is 0 Å². The summed E-state index contributed by atoms with van der Waals surface area (Å²) in [5.41, 5.74) is 1.41. The third-order valence-corrected chi connectivity index (χ3v) is 5.42. The Kier molecular flexibility index (Phi) is 3.33. The number of imidazole rings is 1. The van der Waals surface area contributed by atoms with Gasteiger partial charge in [-0.25, -0.2) is 13.4 Å². The van der Waals surface area contributed by atoms with Crippen molar-refractivity contribution in [2.45, 2.75) is 37.6 Å². The second kappa shape index (κ2) is 4.81. The highest BCUT2D eigenvalue weighted by atomic mass is 32.2. The van der Waals surface area contributed by atoms with E-state index in [0.29, 0.717) is 5.52 Å². The summed E-state index contributed by atoms with van der Waals surface area (Å²) >= 11 is 0. The predicted molar refractivity (Wildman–Crippen MR) is 83.0 cm³/mol. The molecule has 114 valence electrons. The standard InChI is InChI=1S/C15H21N3O2S/c1-15(2)8-5-9-16-13(15)14-17-10-6-4-7-11(12(10)18-14)21(3,19)20/h4,6-7,13,16H,5,8-9H2,1-3H3,(H,17,18). The molecule has 0 amide bonds. The third kappa shape index (κ3) is 2.58. The molecule has 1 aliphatic rings. The van der Waals surface area contributed by atoms with Gasteiger partial charge in [0, 0.05) is 6.26 Å². The molecular weight excluding hydrogens is 286 g/mol. The van der Waals surface area contributed by atoms with E-state index in [2.05, 4.69) is 29.1 Å². The van der Waals surface area contributed by atoms with Crippen LogP contribution >= 0.6 is 0 Å². The fourth-order valence-electron chi connectivity index (χ4n) is 3.14. The highest BCUT2D eigenvalue weighted by Gasteiger charge is 2.35. The number of aromatic nitrogens is 2. The maximum absolute atomic E-state index is 11.9. The van der Waals surface area contributed by atoms with E-state index in [1.54, 1.807) is 12.1 Å². The lowest BCUT2D eigenvalue weighted by Gasteiger charge is -2.38. The smallest absolute Gasteiger partial charge is 0.177 e. The Labute approximate surface area is 125 Å². The summed E-state index contributed by atoms with van der Waals surface area (Å²) in [4.78, 5) is 8.18. The molecule has 3 rings (SSSR count). The zero-order chi connectivity index (χ0) is 15.3. The molecule has 1 unspecified atom stereocenters. The van der Waals surface area contributed by atoms with E-state index in [9.17, 15) is 8.42 Å². The van der Waals surface area contributed by atoms with Crippen molar-refractivity contribution in [1.82, 2.24) is 15.3 Å². The first-order valence-corrected chi connectivity index (χ1v) is 9.10. The summed E-state index contributed by atoms with van der Waals surface area (Å²) in [6, 6.07) is 5.35. The van der Waals surface area contributed by atoms with Crippen LogP contribution in [-0.4, -0.2) is 31.2 Å².